The van der Waals surface area contributed by atoms with E-state index in [-0.39, 0.29) is 11.4 Å². The number of hydrogen-bond acceptors (Lipinski definition) is 5. The third-order valence-corrected chi connectivity index (χ3v) is 5.53. The minimum atomic E-state index is -0.608. The van der Waals surface area contributed by atoms with Crippen molar-refractivity contribution in [1.29, 1.82) is 5.26 Å². The van der Waals surface area contributed by atoms with Crippen molar-refractivity contribution in [2.75, 3.05) is 11.9 Å². The van der Waals surface area contributed by atoms with Gasteiger partial charge in [-0.1, -0.05) is 72.8 Å². The Bertz CT molecular complexity index is 1380. The molecular weight excluding hydrogens is 428 g/mol. The molecule has 34 heavy (non-hydrogen) atoms. The second kappa shape index (κ2) is 9.88. The van der Waals surface area contributed by atoms with Crippen LogP contribution in [0.2, 0.25) is 0 Å². The Hall–Kier alpha value is -4.63. The highest BCUT2D eigenvalue weighted by molar-refractivity contribution is 5.98. The van der Waals surface area contributed by atoms with Crippen LogP contribution in [0, 0.1) is 25.2 Å². The zero-order chi connectivity index (χ0) is 24.1. The van der Waals surface area contributed by atoms with E-state index in [1.165, 1.54) is 0 Å². The number of rotatable bonds is 6. The fourth-order valence-corrected chi connectivity index (χ4v) is 3.64. The number of aryl methyl sites for hydroxylation is 1. The van der Waals surface area contributed by atoms with Crippen molar-refractivity contribution in [2.24, 2.45) is 0 Å². The van der Waals surface area contributed by atoms with Gasteiger partial charge in [0.2, 0.25) is 5.88 Å². The van der Waals surface area contributed by atoms with Crippen LogP contribution < -0.4 is 5.32 Å². The maximum absolute atomic E-state index is 12.6. The molecule has 1 aromatic heterocycles. The molecule has 0 atom stereocenters. The van der Waals surface area contributed by atoms with Crippen LogP contribution in [0.25, 0.3) is 22.5 Å². The van der Waals surface area contributed by atoms with E-state index in [4.69, 9.17) is 9.15 Å². The van der Waals surface area contributed by atoms with Crippen molar-refractivity contribution >= 4 is 17.8 Å². The summed E-state index contributed by atoms with van der Waals surface area (Å²) in [6.07, 6.45) is 0. The van der Waals surface area contributed by atoms with Crippen LogP contribution in [0.15, 0.2) is 83.3 Å². The van der Waals surface area contributed by atoms with Gasteiger partial charge < -0.3 is 9.15 Å². The first-order valence-electron chi connectivity index (χ1n) is 10.7. The Morgan fingerprint density at radius 2 is 1.56 bits per heavy atom. The number of carbonyl (C=O) groups is 2. The van der Waals surface area contributed by atoms with Gasteiger partial charge in [0.15, 0.2) is 6.61 Å². The van der Waals surface area contributed by atoms with E-state index < -0.39 is 18.5 Å². The standard InChI is InChI=1S/C28H22N2O4/c1-18-10-9-15-22(19(18)2)28(32)33-17-24(31)30-27-23(16-29)25(20-11-5-3-6-12-20)26(34-27)21-13-7-4-8-14-21/h3-15H,17H2,1-2H3,(H,30,31). The first-order valence-corrected chi connectivity index (χ1v) is 10.7. The minimum Gasteiger partial charge on any atom is -0.452 e. The average Bonchev–Trinajstić information content (AvgIpc) is 3.23. The van der Waals surface area contributed by atoms with Crippen LogP contribution >= 0.6 is 0 Å². The summed E-state index contributed by atoms with van der Waals surface area (Å²) in [4.78, 5) is 25.1. The van der Waals surface area contributed by atoms with Gasteiger partial charge in [0.25, 0.3) is 5.91 Å². The molecule has 6 nitrogen and oxygen atoms in total. The molecule has 0 saturated carbocycles. The third-order valence-electron chi connectivity index (χ3n) is 5.53. The zero-order valence-corrected chi connectivity index (χ0v) is 18.8. The highest BCUT2D eigenvalue weighted by Gasteiger charge is 2.24. The summed E-state index contributed by atoms with van der Waals surface area (Å²) in [5.74, 6) is -0.728. The smallest absolute Gasteiger partial charge is 0.338 e. The van der Waals surface area contributed by atoms with Crippen molar-refractivity contribution in [3.63, 3.8) is 0 Å². The molecule has 1 amide bonds. The molecule has 168 valence electrons. The van der Waals surface area contributed by atoms with E-state index in [2.05, 4.69) is 11.4 Å². The number of amides is 1. The summed E-state index contributed by atoms with van der Waals surface area (Å²) in [5, 5.41) is 12.5. The lowest BCUT2D eigenvalue weighted by atomic mass is 9.98. The summed E-state index contributed by atoms with van der Waals surface area (Å²) < 4.78 is 11.2. The molecule has 0 aliphatic carbocycles. The normalized spacial score (nSPS) is 10.4. The molecule has 0 bridgehead atoms. The van der Waals surface area contributed by atoms with Gasteiger partial charge in [0, 0.05) is 11.1 Å². The molecule has 6 heteroatoms. The van der Waals surface area contributed by atoms with Crippen LogP contribution in [-0.4, -0.2) is 18.5 Å². The molecule has 0 radical (unpaired) electrons. The Morgan fingerprint density at radius 1 is 0.912 bits per heavy atom. The second-order valence-electron chi connectivity index (χ2n) is 7.73. The van der Waals surface area contributed by atoms with E-state index in [0.717, 1.165) is 22.3 Å². The van der Waals surface area contributed by atoms with Crippen LogP contribution in [0.1, 0.15) is 27.0 Å². The van der Waals surface area contributed by atoms with Gasteiger partial charge in [0.1, 0.15) is 17.4 Å². The maximum atomic E-state index is 12.6. The van der Waals surface area contributed by atoms with Crippen molar-refractivity contribution in [3.8, 4) is 28.5 Å². The first kappa shape index (κ1) is 22.6. The van der Waals surface area contributed by atoms with E-state index in [1.54, 1.807) is 12.1 Å². The fraction of sp³-hybridized carbons (Fsp3) is 0.107. The molecule has 0 aliphatic heterocycles. The van der Waals surface area contributed by atoms with Crippen molar-refractivity contribution < 1.29 is 18.7 Å². The summed E-state index contributed by atoms with van der Waals surface area (Å²) in [7, 11) is 0. The average molecular weight is 450 g/mol. The second-order valence-corrected chi connectivity index (χ2v) is 7.73. The quantitative estimate of drug-likeness (QED) is 0.369. The number of nitrogens with one attached hydrogen (secondary N) is 1. The molecule has 1 N–H and O–H groups in total. The van der Waals surface area contributed by atoms with Gasteiger partial charge in [-0.15, -0.1) is 0 Å². The maximum Gasteiger partial charge on any atom is 0.338 e. The highest BCUT2D eigenvalue weighted by atomic mass is 16.5. The molecule has 0 saturated heterocycles. The molecule has 1 heterocycles. The Labute approximate surface area is 197 Å². The van der Waals surface area contributed by atoms with Crippen molar-refractivity contribution in [2.45, 2.75) is 13.8 Å². The summed E-state index contributed by atoms with van der Waals surface area (Å²) in [6, 6.07) is 26.1. The van der Waals surface area contributed by atoms with Gasteiger partial charge in [0.05, 0.1) is 5.56 Å². The molecule has 3 aromatic carbocycles. The predicted molar refractivity (Wildman–Crippen MR) is 129 cm³/mol. The van der Waals surface area contributed by atoms with Crippen LogP contribution in [-0.2, 0) is 9.53 Å². The van der Waals surface area contributed by atoms with E-state index >= 15 is 0 Å². The fourth-order valence-electron chi connectivity index (χ4n) is 3.64. The van der Waals surface area contributed by atoms with E-state index in [0.29, 0.717) is 16.9 Å². The van der Waals surface area contributed by atoms with Gasteiger partial charge in [-0.05, 0) is 36.6 Å². The molecular formula is C28H22N2O4. The molecule has 0 fully saturated rings. The lowest BCUT2D eigenvalue weighted by Crippen LogP contribution is -2.21. The minimum absolute atomic E-state index is 0.00740. The molecule has 0 aliphatic rings. The van der Waals surface area contributed by atoms with Crippen LogP contribution in [0.5, 0.6) is 0 Å². The Balaban J connectivity index is 1.60. The number of carbonyl (C=O) groups excluding carboxylic acids is 2. The highest BCUT2D eigenvalue weighted by Crippen LogP contribution is 2.41. The molecule has 0 unspecified atom stereocenters. The summed E-state index contributed by atoms with van der Waals surface area (Å²) in [6.45, 7) is 3.21. The van der Waals surface area contributed by atoms with Gasteiger partial charge >= 0.3 is 5.97 Å². The monoisotopic (exact) mass is 450 g/mol. The predicted octanol–water partition coefficient (Wildman–Crippen LogP) is 5.90. The SMILES string of the molecule is Cc1cccc(C(=O)OCC(=O)Nc2oc(-c3ccccc3)c(-c3ccccc3)c2C#N)c1C. The Morgan fingerprint density at radius 3 is 2.21 bits per heavy atom. The van der Waals surface area contributed by atoms with E-state index in [1.807, 2.05) is 80.6 Å². The number of furan rings is 1. The molecule has 0 spiro atoms. The number of anilines is 1. The number of nitrogens with zero attached hydrogens (tertiary/aromatic N) is 1. The number of nitriles is 1. The molecule has 4 rings (SSSR count). The van der Waals surface area contributed by atoms with Crippen LogP contribution in [0.3, 0.4) is 0 Å². The van der Waals surface area contributed by atoms with Crippen LogP contribution in [0.4, 0.5) is 5.88 Å². The number of hydrogen-bond donors (Lipinski definition) is 1. The van der Waals surface area contributed by atoms with Gasteiger partial charge in [-0.25, -0.2) is 4.79 Å². The third kappa shape index (κ3) is 4.59. The number of esters is 1. The van der Waals surface area contributed by atoms with Crippen molar-refractivity contribution in [3.05, 3.63) is 101 Å². The van der Waals surface area contributed by atoms with Gasteiger partial charge in [-0.3, -0.25) is 10.1 Å². The zero-order valence-electron chi connectivity index (χ0n) is 18.8. The first-order chi connectivity index (χ1) is 16.5. The summed E-state index contributed by atoms with van der Waals surface area (Å²) >= 11 is 0. The lowest BCUT2D eigenvalue weighted by molar-refractivity contribution is -0.119. The Kier molecular flexibility index (Phi) is 6.56. The molecule has 4 aromatic rings. The van der Waals surface area contributed by atoms with Gasteiger partial charge in [-0.2, -0.15) is 5.26 Å². The topological polar surface area (TPSA) is 92.3 Å². The summed E-state index contributed by atoms with van der Waals surface area (Å²) in [5.41, 5.74) is 4.47. The van der Waals surface area contributed by atoms with Crippen molar-refractivity contribution in [1.82, 2.24) is 0 Å². The number of ether oxygens (including phenoxy) is 1. The largest absolute Gasteiger partial charge is 0.452 e. The van der Waals surface area contributed by atoms with E-state index in [9.17, 15) is 14.9 Å². The number of benzene rings is 3. The lowest BCUT2D eigenvalue weighted by Gasteiger charge is -2.08.